The van der Waals surface area contributed by atoms with E-state index in [1.807, 2.05) is 25.1 Å². The van der Waals surface area contributed by atoms with E-state index in [-0.39, 0.29) is 5.91 Å². The van der Waals surface area contributed by atoms with E-state index in [0.717, 1.165) is 44.0 Å². The van der Waals surface area contributed by atoms with Crippen LogP contribution in [0.25, 0.3) is 0 Å². The van der Waals surface area contributed by atoms with Crippen molar-refractivity contribution in [3.8, 4) is 0 Å². The molecule has 1 aliphatic rings. The summed E-state index contributed by atoms with van der Waals surface area (Å²) in [6, 6.07) is 8.68. The minimum atomic E-state index is 0.102. The van der Waals surface area contributed by atoms with Crippen LogP contribution in [0, 0.1) is 13.8 Å². The Balaban J connectivity index is 1.57. The van der Waals surface area contributed by atoms with Crippen LogP contribution in [-0.4, -0.2) is 51.7 Å². The van der Waals surface area contributed by atoms with Crippen LogP contribution < -0.4 is 0 Å². The molecule has 1 aromatic heterocycles. The normalized spacial score (nSPS) is 15.9. The van der Waals surface area contributed by atoms with E-state index in [0.29, 0.717) is 0 Å². The van der Waals surface area contributed by atoms with E-state index in [4.69, 9.17) is 0 Å². The van der Waals surface area contributed by atoms with Gasteiger partial charge in [0, 0.05) is 46.0 Å². The summed E-state index contributed by atoms with van der Waals surface area (Å²) in [6.45, 7) is 8.33. The maximum absolute atomic E-state index is 12.6. The average molecular weight is 312 g/mol. The molecule has 0 atom stereocenters. The molecule has 2 aromatic rings. The van der Waals surface area contributed by atoms with Crippen molar-refractivity contribution >= 4 is 5.91 Å². The molecule has 0 saturated carbocycles. The predicted molar refractivity (Wildman–Crippen MR) is 90.3 cm³/mol. The van der Waals surface area contributed by atoms with Crippen LogP contribution in [0.3, 0.4) is 0 Å². The Morgan fingerprint density at radius 2 is 1.74 bits per heavy atom. The highest BCUT2D eigenvalue weighted by Crippen LogP contribution is 2.14. The molecule has 1 fully saturated rings. The number of hydrogen-bond acceptors (Lipinski definition) is 3. The quantitative estimate of drug-likeness (QED) is 0.870. The molecule has 0 aliphatic carbocycles. The molecule has 1 aromatic carbocycles. The highest BCUT2D eigenvalue weighted by atomic mass is 16.2. The molecule has 0 spiro atoms. The first-order valence-electron chi connectivity index (χ1n) is 8.10. The number of hydrogen-bond donors (Lipinski definition) is 0. The SMILES string of the molecule is Cc1ccc(CN2CCN(C(=O)c3cn(C)nc3C)CC2)cc1. The van der Waals surface area contributed by atoms with Gasteiger partial charge in [0.15, 0.2) is 0 Å². The van der Waals surface area contributed by atoms with Gasteiger partial charge in [-0.3, -0.25) is 14.4 Å². The summed E-state index contributed by atoms with van der Waals surface area (Å²) in [5.74, 6) is 0.102. The number of piperazine rings is 1. The Morgan fingerprint density at radius 1 is 1.09 bits per heavy atom. The third-order valence-corrected chi connectivity index (χ3v) is 4.43. The number of carbonyl (C=O) groups excluding carboxylic acids is 1. The molecular weight excluding hydrogens is 288 g/mol. The topological polar surface area (TPSA) is 41.4 Å². The number of aromatic nitrogens is 2. The molecule has 1 aliphatic heterocycles. The van der Waals surface area contributed by atoms with E-state index in [9.17, 15) is 4.79 Å². The molecule has 3 rings (SSSR count). The van der Waals surface area contributed by atoms with Gasteiger partial charge in [-0.1, -0.05) is 29.8 Å². The largest absolute Gasteiger partial charge is 0.336 e. The van der Waals surface area contributed by atoms with Crippen molar-refractivity contribution in [3.05, 3.63) is 52.8 Å². The summed E-state index contributed by atoms with van der Waals surface area (Å²) in [6.07, 6.45) is 1.82. The number of aryl methyl sites for hydroxylation is 3. The Kier molecular flexibility index (Phi) is 4.48. The standard InChI is InChI=1S/C18H24N4O/c1-14-4-6-16(7-5-14)12-21-8-10-22(11-9-21)18(23)17-13-20(3)19-15(17)2/h4-7,13H,8-12H2,1-3H3. The number of carbonyl (C=O) groups is 1. The van der Waals surface area contributed by atoms with Gasteiger partial charge in [-0.05, 0) is 19.4 Å². The van der Waals surface area contributed by atoms with Gasteiger partial charge in [0.2, 0.25) is 0 Å². The lowest BCUT2D eigenvalue weighted by atomic mass is 10.1. The molecule has 0 radical (unpaired) electrons. The van der Waals surface area contributed by atoms with Crippen molar-refractivity contribution < 1.29 is 4.79 Å². The lowest BCUT2D eigenvalue weighted by molar-refractivity contribution is 0.0627. The van der Waals surface area contributed by atoms with Crippen LogP contribution in [0.5, 0.6) is 0 Å². The summed E-state index contributed by atoms with van der Waals surface area (Å²) < 4.78 is 1.70. The number of nitrogens with zero attached hydrogens (tertiary/aromatic N) is 4. The molecule has 1 amide bonds. The third-order valence-electron chi connectivity index (χ3n) is 4.43. The van der Waals surface area contributed by atoms with Crippen LogP contribution in [0.15, 0.2) is 30.5 Å². The lowest BCUT2D eigenvalue weighted by Gasteiger charge is -2.34. The van der Waals surface area contributed by atoms with Gasteiger partial charge in [0.25, 0.3) is 5.91 Å². The monoisotopic (exact) mass is 312 g/mol. The molecule has 5 nitrogen and oxygen atoms in total. The molecule has 0 unspecified atom stereocenters. The molecule has 0 N–H and O–H groups in total. The summed E-state index contributed by atoms with van der Waals surface area (Å²) in [7, 11) is 1.85. The smallest absolute Gasteiger partial charge is 0.257 e. The van der Waals surface area contributed by atoms with Gasteiger partial charge in [-0.15, -0.1) is 0 Å². The van der Waals surface area contributed by atoms with Crippen LogP contribution in [-0.2, 0) is 13.6 Å². The van der Waals surface area contributed by atoms with Gasteiger partial charge < -0.3 is 4.90 Å². The fraction of sp³-hybridized carbons (Fsp3) is 0.444. The van der Waals surface area contributed by atoms with Crippen molar-refractivity contribution in [1.82, 2.24) is 19.6 Å². The number of benzene rings is 1. The van der Waals surface area contributed by atoms with Gasteiger partial charge in [0.1, 0.15) is 0 Å². The first-order chi connectivity index (χ1) is 11.0. The molecule has 122 valence electrons. The van der Waals surface area contributed by atoms with Crippen LogP contribution in [0.4, 0.5) is 0 Å². The van der Waals surface area contributed by atoms with Crippen LogP contribution in [0.2, 0.25) is 0 Å². The second-order valence-electron chi connectivity index (χ2n) is 6.36. The minimum absolute atomic E-state index is 0.102. The third kappa shape index (κ3) is 3.62. The summed E-state index contributed by atoms with van der Waals surface area (Å²) in [5, 5.41) is 4.26. The summed E-state index contributed by atoms with van der Waals surface area (Å²) in [4.78, 5) is 16.9. The van der Waals surface area contributed by atoms with Gasteiger partial charge in [-0.25, -0.2) is 0 Å². The second kappa shape index (κ2) is 6.54. The zero-order valence-electron chi connectivity index (χ0n) is 14.1. The molecule has 1 saturated heterocycles. The van der Waals surface area contributed by atoms with Gasteiger partial charge in [0.05, 0.1) is 11.3 Å². The minimum Gasteiger partial charge on any atom is -0.336 e. The van der Waals surface area contributed by atoms with Crippen molar-refractivity contribution in [1.29, 1.82) is 0 Å². The highest BCUT2D eigenvalue weighted by molar-refractivity contribution is 5.95. The number of rotatable bonds is 3. The Morgan fingerprint density at radius 3 is 2.30 bits per heavy atom. The first kappa shape index (κ1) is 15.7. The van der Waals surface area contributed by atoms with E-state index in [1.54, 1.807) is 4.68 Å². The van der Waals surface area contributed by atoms with E-state index >= 15 is 0 Å². The average Bonchev–Trinajstić information content (AvgIpc) is 2.88. The zero-order valence-corrected chi connectivity index (χ0v) is 14.1. The Bertz CT molecular complexity index is 682. The van der Waals surface area contributed by atoms with Crippen LogP contribution in [0.1, 0.15) is 27.2 Å². The Hall–Kier alpha value is -2.14. The van der Waals surface area contributed by atoms with E-state index in [2.05, 4.69) is 41.2 Å². The molecule has 0 bridgehead atoms. The van der Waals surface area contributed by atoms with Crippen molar-refractivity contribution in [2.45, 2.75) is 20.4 Å². The maximum Gasteiger partial charge on any atom is 0.257 e. The van der Waals surface area contributed by atoms with Gasteiger partial charge in [-0.2, -0.15) is 5.10 Å². The predicted octanol–water partition coefficient (Wildman–Crippen LogP) is 1.99. The van der Waals surface area contributed by atoms with Crippen molar-refractivity contribution in [3.63, 3.8) is 0 Å². The summed E-state index contributed by atoms with van der Waals surface area (Å²) in [5.41, 5.74) is 4.15. The zero-order chi connectivity index (χ0) is 16.4. The fourth-order valence-electron chi connectivity index (χ4n) is 3.04. The maximum atomic E-state index is 12.6. The van der Waals surface area contributed by atoms with Crippen molar-refractivity contribution in [2.75, 3.05) is 26.2 Å². The number of amides is 1. The fourth-order valence-corrected chi connectivity index (χ4v) is 3.04. The van der Waals surface area contributed by atoms with E-state index in [1.165, 1.54) is 11.1 Å². The first-order valence-corrected chi connectivity index (χ1v) is 8.10. The Labute approximate surface area is 137 Å². The van der Waals surface area contributed by atoms with Crippen LogP contribution >= 0.6 is 0 Å². The molecule has 23 heavy (non-hydrogen) atoms. The van der Waals surface area contributed by atoms with Crippen molar-refractivity contribution in [2.24, 2.45) is 7.05 Å². The molecule has 2 heterocycles. The second-order valence-corrected chi connectivity index (χ2v) is 6.36. The molecular formula is C18H24N4O. The van der Waals surface area contributed by atoms with E-state index < -0.39 is 0 Å². The molecule has 5 heteroatoms. The van der Waals surface area contributed by atoms with Gasteiger partial charge >= 0.3 is 0 Å². The highest BCUT2D eigenvalue weighted by Gasteiger charge is 2.24. The summed E-state index contributed by atoms with van der Waals surface area (Å²) >= 11 is 0. The lowest BCUT2D eigenvalue weighted by Crippen LogP contribution is -2.48.